The molecule has 0 radical (unpaired) electrons. The fourth-order valence-electron chi connectivity index (χ4n) is 1.42. The summed E-state index contributed by atoms with van der Waals surface area (Å²) in [5, 5.41) is 0. The fourth-order valence-corrected chi connectivity index (χ4v) is 1.42. The maximum Gasteiger partial charge on any atom is 0.00893 e. The molecule has 2 atom stereocenters. The van der Waals surface area contributed by atoms with Gasteiger partial charge in [0.2, 0.25) is 0 Å². The molecule has 0 aromatic carbocycles. The zero-order valence-corrected chi connectivity index (χ0v) is 8.72. The first kappa shape index (κ1) is 11.0. The van der Waals surface area contributed by atoms with Crippen molar-refractivity contribution in [3.05, 3.63) is 0 Å². The van der Waals surface area contributed by atoms with Gasteiger partial charge in [-0.25, -0.2) is 0 Å². The van der Waals surface area contributed by atoms with Gasteiger partial charge in [0, 0.05) is 6.04 Å². The van der Waals surface area contributed by atoms with Gasteiger partial charge in [-0.1, -0.05) is 27.2 Å². The summed E-state index contributed by atoms with van der Waals surface area (Å²) in [5.74, 6) is 0.838. The summed E-state index contributed by atoms with van der Waals surface area (Å²) in [6.45, 7) is 10.3. The van der Waals surface area contributed by atoms with Crippen LogP contribution < -0.4 is 0 Å². The standard InChI is InChI=1S/C10H23N/c1-6-8-9(3)10(4)11(5)7-2/h9-10H,6-8H2,1-5H3. The van der Waals surface area contributed by atoms with Gasteiger partial charge < -0.3 is 4.90 Å². The lowest BCUT2D eigenvalue weighted by molar-refractivity contribution is 0.200. The highest BCUT2D eigenvalue weighted by Crippen LogP contribution is 2.14. The Hall–Kier alpha value is -0.0400. The van der Waals surface area contributed by atoms with Gasteiger partial charge in [-0.3, -0.25) is 0 Å². The van der Waals surface area contributed by atoms with Crippen LogP contribution >= 0.6 is 0 Å². The van der Waals surface area contributed by atoms with E-state index in [1.807, 2.05) is 0 Å². The molecule has 0 N–H and O–H groups in total. The zero-order valence-electron chi connectivity index (χ0n) is 8.72. The summed E-state index contributed by atoms with van der Waals surface area (Å²) < 4.78 is 0. The van der Waals surface area contributed by atoms with Gasteiger partial charge in [-0.05, 0) is 32.9 Å². The molecule has 0 aliphatic heterocycles. The Balaban J connectivity index is 3.70. The average molecular weight is 157 g/mol. The minimum absolute atomic E-state index is 0.736. The van der Waals surface area contributed by atoms with Crippen molar-refractivity contribution in [1.29, 1.82) is 0 Å². The predicted molar refractivity (Wildman–Crippen MR) is 51.8 cm³/mol. The maximum atomic E-state index is 2.42. The molecule has 0 spiro atoms. The van der Waals surface area contributed by atoms with E-state index in [0.29, 0.717) is 0 Å². The van der Waals surface area contributed by atoms with E-state index in [4.69, 9.17) is 0 Å². The van der Waals surface area contributed by atoms with Gasteiger partial charge in [0.25, 0.3) is 0 Å². The third-order valence-corrected chi connectivity index (χ3v) is 2.76. The molecule has 0 bridgehead atoms. The van der Waals surface area contributed by atoms with Crippen molar-refractivity contribution < 1.29 is 0 Å². The van der Waals surface area contributed by atoms with Crippen molar-refractivity contribution in [2.24, 2.45) is 5.92 Å². The first-order valence-electron chi connectivity index (χ1n) is 4.83. The van der Waals surface area contributed by atoms with Gasteiger partial charge >= 0.3 is 0 Å². The molecule has 2 unspecified atom stereocenters. The highest BCUT2D eigenvalue weighted by Gasteiger charge is 2.13. The van der Waals surface area contributed by atoms with E-state index in [2.05, 4.69) is 39.6 Å². The third kappa shape index (κ3) is 3.76. The van der Waals surface area contributed by atoms with Crippen molar-refractivity contribution in [2.75, 3.05) is 13.6 Å². The second kappa shape index (κ2) is 5.59. The smallest absolute Gasteiger partial charge is 0.00893 e. The van der Waals surface area contributed by atoms with Crippen molar-refractivity contribution >= 4 is 0 Å². The van der Waals surface area contributed by atoms with E-state index in [-0.39, 0.29) is 0 Å². The molecular weight excluding hydrogens is 134 g/mol. The van der Waals surface area contributed by atoms with Crippen LogP contribution in [-0.2, 0) is 0 Å². The zero-order chi connectivity index (χ0) is 8.85. The number of hydrogen-bond donors (Lipinski definition) is 0. The van der Waals surface area contributed by atoms with Crippen LogP contribution in [0.15, 0.2) is 0 Å². The second-order valence-corrected chi connectivity index (χ2v) is 3.58. The van der Waals surface area contributed by atoms with E-state index in [9.17, 15) is 0 Å². The Kier molecular flexibility index (Phi) is 5.57. The van der Waals surface area contributed by atoms with E-state index in [1.165, 1.54) is 12.8 Å². The van der Waals surface area contributed by atoms with E-state index >= 15 is 0 Å². The molecule has 0 saturated carbocycles. The van der Waals surface area contributed by atoms with Crippen molar-refractivity contribution in [3.63, 3.8) is 0 Å². The lowest BCUT2D eigenvalue weighted by atomic mass is 9.97. The molecule has 68 valence electrons. The predicted octanol–water partition coefficient (Wildman–Crippen LogP) is 2.76. The van der Waals surface area contributed by atoms with Gasteiger partial charge in [0.05, 0.1) is 0 Å². The molecule has 0 fully saturated rings. The molecule has 1 nitrogen and oxygen atoms in total. The molecule has 0 aliphatic rings. The van der Waals surface area contributed by atoms with Crippen molar-refractivity contribution in [3.8, 4) is 0 Å². The molecule has 0 amide bonds. The number of hydrogen-bond acceptors (Lipinski definition) is 1. The molecule has 11 heavy (non-hydrogen) atoms. The average Bonchev–Trinajstić information content (AvgIpc) is 2.02. The van der Waals surface area contributed by atoms with Crippen molar-refractivity contribution in [1.82, 2.24) is 4.90 Å². The Morgan fingerprint density at radius 2 is 1.73 bits per heavy atom. The van der Waals surface area contributed by atoms with Crippen LogP contribution in [0.3, 0.4) is 0 Å². The van der Waals surface area contributed by atoms with Crippen LogP contribution in [0.2, 0.25) is 0 Å². The van der Waals surface area contributed by atoms with Crippen LogP contribution in [0.1, 0.15) is 40.5 Å². The Morgan fingerprint density at radius 1 is 1.18 bits per heavy atom. The number of rotatable bonds is 5. The summed E-state index contributed by atoms with van der Waals surface area (Å²) in [5.41, 5.74) is 0. The van der Waals surface area contributed by atoms with Gasteiger partial charge in [-0.15, -0.1) is 0 Å². The summed E-state index contributed by atoms with van der Waals surface area (Å²) in [6, 6.07) is 0.736. The lowest BCUT2D eigenvalue weighted by Crippen LogP contribution is -2.34. The minimum Gasteiger partial charge on any atom is -0.304 e. The molecule has 0 heterocycles. The van der Waals surface area contributed by atoms with Crippen molar-refractivity contribution in [2.45, 2.75) is 46.6 Å². The first-order valence-corrected chi connectivity index (χ1v) is 4.83. The minimum atomic E-state index is 0.736. The van der Waals surface area contributed by atoms with Crippen LogP contribution in [0.25, 0.3) is 0 Å². The van der Waals surface area contributed by atoms with Gasteiger partial charge in [0.15, 0.2) is 0 Å². The van der Waals surface area contributed by atoms with Crippen LogP contribution in [0.4, 0.5) is 0 Å². The summed E-state index contributed by atoms with van der Waals surface area (Å²) in [6.07, 6.45) is 2.66. The van der Waals surface area contributed by atoms with Crippen LogP contribution in [-0.4, -0.2) is 24.5 Å². The SMILES string of the molecule is CCCC(C)C(C)N(C)CC. The Labute approximate surface area is 71.8 Å². The molecular formula is C10H23N. The topological polar surface area (TPSA) is 3.24 Å². The molecule has 0 saturated heterocycles. The van der Waals surface area contributed by atoms with Crippen LogP contribution in [0.5, 0.6) is 0 Å². The van der Waals surface area contributed by atoms with E-state index in [1.54, 1.807) is 0 Å². The molecule has 0 rings (SSSR count). The quantitative estimate of drug-likeness (QED) is 0.593. The summed E-state index contributed by atoms with van der Waals surface area (Å²) >= 11 is 0. The Bertz CT molecular complexity index is 90.9. The summed E-state index contributed by atoms with van der Waals surface area (Å²) in [4.78, 5) is 2.42. The van der Waals surface area contributed by atoms with E-state index in [0.717, 1.165) is 18.5 Å². The normalized spacial score (nSPS) is 16.9. The van der Waals surface area contributed by atoms with Gasteiger partial charge in [0.1, 0.15) is 0 Å². The molecule has 0 aliphatic carbocycles. The first-order chi connectivity index (χ1) is 5.13. The maximum absolute atomic E-state index is 2.42. The highest BCUT2D eigenvalue weighted by atomic mass is 15.1. The van der Waals surface area contributed by atoms with Crippen LogP contribution in [0, 0.1) is 5.92 Å². The third-order valence-electron chi connectivity index (χ3n) is 2.76. The monoisotopic (exact) mass is 157 g/mol. The largest absolute Gasteiger partial charge is 0.304 e. The molecule has 1 heteroatoms. The fraction of sp³-hybridized carbons (Fsp3) is 1.00. The highest BCUT2D eigenvalue weighted by molar-refractivity contribution is 4.68. The second-order valence-electron chi connectivity index (χ2n) is 3.58. The van der Waals surface area contributed by atoms with E-state index < -0.39 is 0 Å². The Morgan fingerprint density at radius 3 is 2.09 bits per heavy atom. The summed E-state index contributed by atoms with van der Waals surface area (Å²) in [7, 11) is 2.21. The number of nitrogens with zero attached hydrogens (tertiary/aromatic N) is 1. The lowest BCUT2D eigenvalue weighted by Gasteiger charge is -2.28. The molecule has 0 aromatic heterocycles. The van der Waals surface area contributed by atoms with Gasteiger partial charge in [-0.2, -0.15) is 0 Å². The molecule has 0 aromatic rings.